The smallest absolute Gasteiger partial charge is 0.311 e. The van der Waals surface area contributed by atoms with E-state index < -0.39 is 11.9 Å². The Hall–Kier alpha value is -1.84. The number of carbonyl (C=O) groups excluding carboxylic acids is 1. The van der Waals surface area contributed by atoms with Gasteiger partial charge in [-0.05, 0) is 18.4 Å². The van der Waals surface area contributed by atoms with Gasteiger partial charge in [0.05, 0.1) is 5.92 Å². The van der Waals surface area contributed by atoms with E-state index in [1.807, 2.05) is 6.07 Å². The lowest BCUT2D eigenvalue weighted by atomic mass is 9.95. The van der Waals surface area contributed by atoms with Crippen LogP contribution in [0.5, 0.6) is 0 Å². The minimum atomic E-state index is -0.951. The molecule has 0 spiro atoms. The predicted octanol–water partition coefficient (Wildman–Crippen LogP) is 2.30. The Morgan fingerprint density at radius 3 is 2.42 bits per heavy atom. The molecular weight excluding hydrogens is 242 g/mol. The molecule has 0 aliphatic heterocycles. The summed E-state index contributed by atoms with van der Waals surface area (Å²) in [6.45, 7) is 0. The molecule has 102 valence electrons. The molecule has 4 nitrogen and oxygen atoms in total. The fraction of sp³-hybridized carbons (Fsp3) is 0.467. The standard InChI is InChI=1S/C15H19NO3/c17-14(16-12-8-4-5-9-12)10-13(15(18)19)11-6-2-1-3-7-11/h1-3,6-7,12-13H,4-5,8-10H2,(H,16,17)(H,18,19). The quantitative estimate of drug-likeness (QED) is 0.854. The summed E-state index contributed by atoms with van der Waals surface area (Å²) in [5, 5.41) is 12.2. The lowest BCUT2D eigenvalue weighted by molar-refractivity contribution is -0.140. The Kier molecular flexibility index (Phi) is 4.55. The first-order valence-electron chi connectivity index (χ1n) is 6.74. The molecule has 0 bridgehead atoms. The van der Waals surface area contributed by atoms with Crippen molar-refractivity contribution in [1.82, 2.24) is 5.32 Å². The van der Waals surface area contributed by atoms with Gasteiger partial charge in [0.15, 0.2) is 0 Å². The van der Waals surface area contributed by atoms with Gasteiger partial charge in [-0.2, -0.15) is 0 Å². The van der Waals surface area contributed by atoms with Crippen LogP contribution >= 0.6 is 0 Å². The molecule has 1 fully saturated rings. The molecule has 4 heteroatoms. The van der Waals surface area contributed by atoms with Crippen molar-refractivity contribution < 1.29 is 14.7 Å². The molecule has 0 aromatic heterocycles. The third kappa shape index (κ3) is 3.81. The SMILES string of the molecule is O=C(CC(C(=O)O)c1ccccc1)NC1CCCC1. The number of nitrogens with one attached hydrogen (secondary N) is 1. The second kappa shape index (κ2) is 6.36. The van der Waals surface area contributed by atoms with Crippen molar-refractivity contribution in [3.63, 3.8) is 0 Å². The lowest BCUT2D eigenvalue weighted by Crippen LogP contribution is -2.34. The van der Waals surface area contributed by atoms with Crippen LogP contribution < -0.4 is 5.32 Å². The van der Waals surface area contributed by atoms with E-state index >= 15 is 0 Å². The Morgan fingerprint density at radius 2 is 1.84 bits per heavy atom. The molecule has 2 rings (SSSR count). The highest BCUT2D eigenvalue weighted by molar-refractivity contribution is 5.85. The molecule has 19 heavy (non-hydrogen) atoms. The second-order valence-electron chi connectivity index (χ2n) is 5.05. The van der Waals surface area contributed by atoms with Crippen LogP contribution in [0.4, 0.5) is 0 Å². The van der Waals surface area contributed by atoms with E-state index in [4.69, 9.17) is 0 Å². The van der Waals surface area contributed by atoms with E-state index in [9.17, 15) is 14.7 Å². The summed E-state index contributed by atoms with van der Waals surface area (Å²) < 4.78 is 0. The van der Waals surface area contributed by atoms with Gasteiger partial charge in [-0.25, -0.2) is 0 Å². The summed E-state index contributed by atoms with van der Waals surface area (Å²) >= 11 is 0. The average molecular weight is 261 g/mol. The number of amides is 1. The fourth-order valence-electron chi connectivity index (χ4n) is 2.58. The summed E-state index contributed by atoms with van der Waals surface area (Å²) in [5.41, 5.74) is 0.677. The number of hydrogen-bond acceptors (Lipinski definition) is 2. The van der Waals surface area contributed by atoms with Gasteiger partial charge in [0.2, 0.25) is 5.91 Å². The first-order chi connectivity index (χ1) is 9.16. The minimum absolute atomic E-state index is 0.00977. The zero-order chi connectivity index (χ0) is 13.7. The van der Waals surface area contributed by atoms with Crippen LogP contribution in [-0.2, 0) is 9.59 Å². The summed E-state index contributed by atoms with van der Waals surface area (Å²) in [6, 6.07) is 9.16. The van der Waals surface area contributed by atoms with Gasteiger partial charge in [0.25, 0.3) is 0 Å². The molecule has 1 atom stereocenters. The highest BCUT2D eigenvalue weighted by Gasteiger charge is 2.25. The molecule has 0 heterocycles. The van der Waals surface area contributed by atoms with Gasteiger partial charge < -0.3 is 10.4 Å². The van der Waals surface area contributed by atoms with Gasteiger partial charge in [-0.3, -0.25) is 9.59 Å². The fourth-order valence-corrected chi connectivity index (χ4v) is 2.58. The van der Waals surface area contributed by atoms with E-state index in [2.05, 4.69) is 5.32 Å². The maximum atomic E-state index is 11.9. The van der Waals surface area contributed by atoms with Crippen LogP contribution in [-0.4, -0.2) is 23.0 Å². The number of carboxylic acid groups (broad SMARTS) is 1. The molecule has 2 N–H and O–H groups in total. The topological polar surface area (TPSA) is 66.4 Å². The number of benzene rings is 1. The summed E-state index contributed by atoms with van der Waals surface area (Å²) in [5.74, 6) is -1.88. The van der Waals surface area contributed by atoms with Crippen molar-refractivity contribution in [2.75, 3.05) is 0 Å². The van der Waals surface area contributed by atoms with Crippen molar-refractivity contribution in [3.05, 3.63) is 35.9 Å². The van der Waals surface area contributed by atoms with Gasteiger partial charge in [-0.15, -0.1) is 0 Å². The molecular formula is C15H19NO3. The van der Waals surface area contributed by atoms with E-state index in [1.165, 1.54) is 0 Å². The van der Waals surface area contributed by atoms with E-state index in [1.54, 1.807) is 24.3 Å². The molecule has 1 aromatic carbocycles. The first-order valence-corrected chi connectivity index (χ1v) is 6.74. The maximum absolute atomic E-state index is 11.9. The van der Waals surface area contributed by atoms with Gasteiger partial charge in [0, 0.05) is 12.5 Å². The molecule has 1 unspecified atom stereocenters. The highest BCUT2D eigenvalue weighted by atomic mass is 16.4. The van der Waals surface area contributed by atoms with Gasteiger partial charge in [-0.1, -0.05) is 43.2 Å². The Labute approximate surface area is 112 Å². The summed E-state index contributed by atoms with van der Waals surface area (Å²) in [6.07, 6.45) is 4.32. The molecule has 1 aliphatic rings. The zero-order valence-corrected chi connectivity index (χ0v) is 10.8. The summed E-state index contributed by atoms with van der Waals surface area (Å²) in [4.78, 5) is 23.2. The van der Waals surface area contributed by atoms with Gasteiger partial charge >= 0.3 is 5.97 Å². The monoisotopic (exact) mass is 261 g/mol. The van der Waals surface area contributed by atoms with Crippen molar-refractivity contribution in [2.24, 2.45) is 0 Å². The largest absolute Gasteiger partial charge is 0.481 e. The molecule has 1 amide bonds. The van der Waals surface area contributed by atoms with Crippen LogP contribution in [0.25, 0.3) is 0 Å². The normalized spacial score (nSPS) is 17.1. The highest BCUT2D eigenvalue weighted by Crippen LogP contribution is 2.21. The summed E-state index contributed by atoms with van der Waals surface area (Å²) in [7, 11) is 0. The van der Waals surface area contributed by atoms with Crippen molar-refractivity contribution >= 4 is 11.9 Å². The molecule has 1 saturated carbocycles. The van der Waals surface area contributed by atoms with Crippen LogP contribution in [0.1, 0.15) is 43.6 Å². The van der Waals surface area contributed by atoms with Gasteiger partial charge in [0.1, 0.15) is 0 Å². The van der Waals surface area contributed by atoms with Crippen LogP contribution in [0.3, 0.4) is 0 Å². The number of hydrogen-bond donors (Lipinski definition) is 2. The number of rotatable bonds is 5. The third-order valence-electron chi connectivity index (χ3n) is 3.61. The Morgan fingerprint density at radius 1 is 1.21 bits per heavy atom. The van der Waals surface area contributed by atoms with Crippen LogP contribution in [0, 0.1) is 0 Å². The van der Waals surface area contributed by atoms with E-state index in [0.717, 1.165) is 25.7 Å². The number of carbonyl (C=O) groups is 2. The predicted molar refractivity (Wildman–Crippen MR) is 71.8 cm³/mol. The average Bonchev–Trinajstić information content (AvgIpc) is 2.89. The Bertz CT molecular complexity index is 438. The van der Waals surface area contributed by atoms with Crippen molar-refractivity contribution in [2.45, 2.75) is 44.1 Å². The van der Waals surface area contributed by atoms with Crippen molar-refractivity contribution in [1.29, 1.82) is 0 Å². The van der Waals surface area contributed by atoms with E-state index in [0.29, 0.717) is 5.56 Å². The first kappa shape index (κ1) is 13.6. The maximum Gasteiger partial charge on any atom is 0.311 e. The van der Waals surface area contributed by atoms with Crippen LogP contribution in [0.15, 0.2) is 30.3 Å². The molecule has 1 aromatic rings. The number of aliphatic carboxylic acids is 1. The number of carboxylic acids is 1. The van der Waals surface area contributed by atoms with Crippen LogP contribution in [0.2, 0.25) is 0 Å². The minimum Gasteiger partial charge on any atom is -0.481 e. The molecule has 1 aliphatic carbocycles. The molecule has 0 radical (unpaired) electrons. The van der Waals surface area contributed by atoms with E-state index in [-0.39, 0.29) is 18.4 Å². The third-order valence-corrected chi connectivity index (χ3v) is 3.61. The lowest BCUT2D eigenvalue weighted by Gasteiger charge is -2.15. The zero-order valence-electron chi connectivity index (χ0n) is 10.8. The van der Waals surface area contributed by atoms with Crippen molar-refractivity contribution in [3.8, 4) is 0 Å². The Balaban J connectivity index is 1.97. The molecule has 0 saturated heterocycles. The second-order valence-corrected chi connectivity index (χ2v) is 5.05.